The third-order valence-electron chi connectivity index (χ3n) is 3.42. The van der Waals surface area contributed by atoms with Gasteiger partial charge in [-0.2, -0.15) is 0 Å². The molecule has 19 heavy (non-hydrogen) atoms. The van der Waals surface area contributed by atoms with Gasteiger partial charge in [-0.25, -0.2) is 4.98 Å². The first kappa shape index (κ1) is 11.8. The first-order chi connectivity index (χ1) is 9.13. The van der Waals surface area contributed by atoms with Gasteiger partial charge in [-0.05, 0) is 42.7 Å². The van der Waals surface area contributed by atoms with Crippen molar-refractivity contribution in [2.24, 2.45) is 0 Å². The van der Waals surface area contributed by atoms with Gasteiger partial charge in [0.2, 0.25) is 0 Å². The van der Waals surface area contributed by atoms with Crippen LogP contribution in [0.25, 0.3) is 11.1 Å². The third-order valence-corrected chi connectivity index (χ3v) is 3.42. The molecule has 2 N–H and O–H groups in total. The number of benzene rings is 2. The van der Waals surface area contributed by atoms with Gasteiger partial charge in [0.05, 0.1) is 5.69 Å². The molecule has 0 saturated heterocycles. The van der Waals surface area contributed by atoms with E-state index in [2.05, 4.69) is 37.0 Å². The number of rotatable bonds is 2. The minimum Gasteiger partial charge on any atom is -0.440 e. The van der Waals surface area contributed by atoms with Gasteiger partial charge in [0.1, 0.15) is 5.52 Å². The molecule has 1 heterocycles. The molecular weight excluding hydrogens is 236 g/mol. The predicted octanol–water partition coefficient (Wildman–Crippen LogP) is 3.62. The van der Waals surface area contributed by atoms with Gasteiger partial charge in [0.25, 0.3) is 0 Å². The summed E-state index contributed by atoms with van der Waals surface area (Å²) in [4.78, 5) is 4.47. The number of oxazole rings is 1. The zero-order chi connectivity index (χ0) is 13.4. The summed E-state index contributed by atoms with van der Waals surface area (Å²) in [6.45, 7) is 4.22. The highest BCUT2D eigenvalue weighted by atomic mass is 16.3. The molecular formula is C16H16N2O. The summed E-state index contributed by atoms with van der Waals surface area (Å²) in [5.41, 5.74) is 11.8. The summed E-state index contributed by atoms with van der Waals surface area (Å²) in [5.74, 6) is 0.705. The number of fused-ring (bicyclic) bond motifs is 1. The van der Waals surface area contributed by atoms with E-state index in [1.807, 2.05) is 18.2 Å². The van der Waals surface area contributed by atoms with E-state index in [1.165, 1.54) is 16.7 Å². The molecule has 3 nitrogen and oxygen atoms in total. The molecule has 0 saturated carbocycles. The van der Waals surface area contributed by atoms with E-state index < -0.39 is 0 Å². The lowest BCUT2D eigenvalue weighted by atomic mass is 10.0. The second kappa shape index (κ2) is 4.43. The number of nitrogen functional groups attached to an aromatic ring is 1. The molecule has 0 spiro atoms. The van der Waals surface area contributed by atoms with Crippen LogP contribution >= 0.6 is 0 Å². The second-order valence-corrected chi connectivity index (χ2v) is 4.90. The maximum atomic E-state index is 5.88. The van der Waals surface area contributed by atoms with Crippen molar-refractivity contribution in [1.29, 1.82) is 0 Å². The zero-order valence-electron chi connectivity index (χ0n) is 11.1. The number of hydrogen-bond donors (Lipinski definition) is 1. The summed E-state index contributed by atoms with van der Waals surface area (Å²) < 4.78 is 5.73. The van der Waals surface area contributed by atoms with Crippen LogP contribution < -0.4 is 5.73 Å². The zero-order valence-corrected chi connectivity index (χ0v) is 11.1. The van der Waals surface area contributed by atoms with Crippen LogP contribution in [0.2, 0.25) is 0 Å². The molecule has 0 unspecified atom stereocenters. The van der Waals surface area contributed by atoms with Crippen LogP contribution in [0.15, 0.2) is 40.8 Å². The summed E-state index contributed by atoms with van der Waals surface area (Å²) in [6.07, 6.45) is 0.690. The number of aryl methyl sites for hydroxylation is 2. The Labute approximate surface area is 112 Å². The van der Waals surface area contributed by atoms with Crippen LogP contribution in [-0.2, 0) is 6.42 Å². The van der Waals surface area contributed by atoms with Crippen molar-refractivity contribution < 1.29 is 4.42 Å². The molecule has 3 aromatic rings. The van der Waals surface area contributed by atoms with Crippen molar-refractivity contribution in [2.75, 3.05) is 5.73 Å². The maximum absolute atomic E-state index is 5.88. The highest BCUT2D eigenvalue weighted by Gasteiger charge is 2.09. The maximum Gasteiger partial charge on any atom is 0.199 e. The molecule has 0 atom stereocenters. The minimum atomic E-state index is 0.660. The molecule has 0 radical (unpaired) electrons. The van der Waals surface area contributed by atoms with Crippen molar-refractivity contribution in [3.8, 4) is 0 Å². The monoisotopic (exact) mass is 252 g/mol. The van der Waals surface area contributed by atoms with Crippen LogP contribution in [0.3, 0.4) is 0 Å². The fourth-order valence-corrected chi connectivity index (χ4v) is 2.18. The van der Waals surface area contributed by atoms with E-state index in [0.717, 1.165) is 11.1 Å². The standard InChI is InChI=1S/C16H16N2O/c1-10-6-7-12(8-11(10)2)9-15-18-16-13(17)4-3-5-14(16)19-15/h3-8H,9,17H2,1-2H3. The smallest absolute Gasteiger partial charge is 0.199 e. The molecule has 3 heteroatoms. The van der Waals surface area contributed by atoms with Crippen molar-refractivity contribution >= 4 is 16.8 Å². The molecule has 0 aliphatic rings. The molecule has 0 fully saturated rings. The Kier molecular flexibility index (Phi) is 2.75. The van der Waals surface area contributed by atoms with Gasteiger partial charge >= 0.3 is 0 Å². The van der Waals surface area contributed by atoms with Crippen LogP contribution in [-0.4, -0.2) is 4.98 Å². The van der Waals surface area contributed by atoms with Crippen LogP contribution in [0.1, 0.15) is 22.6 Å². The van der Waals surface area contributed by atoms with Gasteiger partial charge < -0.3 is 10.2 Å². The van der Waals surface area contributed by atoms with Gasteiger partial charge in [-0.1, -0.05) is 24.3 Å². The van der Waals surface area contributed by atoms with E-state index in [0.29, 0.717) is 18.0 Å². The highest BCUT2D eigenvalue weighted by molar-refractivity contribution is 5.85. The van der Waals surface area contributed by atoms with Crippen molar-refractivity contribution in [1.82, 2.24) is 4.98 Å². The minimum absolute atomic E-state index is 0.660. The van der Waals surface area contributed by atoms with Crippen molar-refractivity contribution in [3.05, 3.63) is 59.0 Å². The average molecular weight is 252 g/mol. The Morgan fingerprint density at radius 2 is 1.95 bits per heavy atom. The molecule has 0 amide bonds. The van der Waals surface area contributed by atoms with Gasteiger partial charge in [0, 0.05) is 6.42 Å². The predicted molar refractivity (Wildman–Crippen MR) is 77.1 cm³/mol. The number of nitrogens with zero attached hydrogens (tertiary/aromatic N) is 1. The number of hydrogen-bond acceptors (Lipinski definition) is 3. The Balaban J connectivity index is 1.96. The molecule has 0 aliphatic heterocycles. The molecule has 2 aromatic carbocycles. The first-order valence-corrected chi connectivity index (χ1v) is 6.33. The fourth-order valence-electron chi connectivity index (χ4n) is 2.18. The SMILES string of the molecule is Cc1ccc(Cc2nc3c(N)cccc3o2)cc1C. The average Bonchev–Trinajstić information content (AvgIpc) is 2.78. The Morgan fingerprint density at radius 1 is 1.11 bits per heavy atom. The molecule has 3 rings (SSSR count). The lowest BCUT2D eigenvalue weighted by Crippen LogP contribution is -1.91. The van der Waals surface area contributed by atoms with Gasteiger partial charge in [-0.15, -0.1) is 0 Å². The molecule has 96 valence electrons. The van der Waals surface area contributed by atoms with Crippen LogP contribution in [0.5, 0.6) is 0 Å². The fraction of sp³-hybridized carbons (Fsp3) is 0.188. The summed E-state index contributed by atoms with van der Waals surface area (Å²) in [7, 11) is 0. The van der Waals surface area contributed by atoms with Crippen molar-refractivity contribution in [3.63, 3.8) is 0 Å². The normalized spacial score (nSPS) is 11.1. The van der Waals surface area contributed by atoms with Crippen LogP contribution in [0.4, 0.5) is 5.69 Å². The molecule has 0 bridgehead atoms. The summed E-state index contributed by atoms with van der Waals surface area (Å²) >= 11 is 0. The Bertz CT molecular complexity index is 744. The lowest BCUT2D eigenvalue weighted by molar-refractivity contribution is 0.544. The molecule has 1 aromatic heterocycles. The van der Waals surface area contributed by atoms with Crippen LogP contribution in [0, 0.1) is 13.8 Å². The number of para-hydroxylation sites is 1. The van der Waals surface area contributed by atoms with E-state index in [9.17, 15) is 0 Å². The first-order valence-electron chi connectivity index (χ1n) is 6.33. The number of nitrogens with two attached hydrogens (primary N) is 1. The number of anilines is 1. The second-order valence-electron chi connectivity index (χ2n) is 4.90. The highest BCUT2D eigenvalue weighted by Crippen LogP contribution is 2.23. The summed E-state index contributed by atoms with van der Waals surface area (Å²) in [6, 6.07) is 12.0. The molecule has 0 aliphatic carbocycles. The van der Waals surface area contributed by atoms with E-state index in [4.69, 9.17) is 10.2 Å². The lowest BCUT2D eigenvalue weighted by Gasteiger charge is -2.02. The largest absolute Gasteiger partial charge is 0.440 e. The summed E-state index contributed by atoms with van der Waals surface area (Å²) in [5, 5.41) is 0. The third kappa shape index (κ3) is 2.19. The van der Waals surface area contributed by atoms with Gasteiger partial charge in [-0.3, -0.25) is 0 Å². The topological polar surface area (TPSA) is 52.0 Å². The Morgan fingerprint density at radius 3 is 2.68 bits per heavy atom. The van der Waals surface area contributed by atoms with E-state index >= 15 is 0 Å². The quantitative estimate of drug-likeness (QED) is 0.709. The Hall–Kier alpha value is -2.29. The van der Waals surface area contributed by atoms with Crippen molar-refractivity contribution in [2.45, 2.75) is 20.3 Å². The van der Waals surface area contributed by atoms with E-state index in [1.54, 1.807) is 0 Å². The number of aromatic nitrogens is 1. The van der Waals surface area contributed by atoms with Gasteiger partial charge in [0.15, 0.2) is 11.5 Å². The van der Waals surface area contributed by atoms with E-state index in [-0.39, 0.29) is 0 Å².